The molecule has 2 amide bonds. The zero-order valence-electron chi connectivity index (χ0n) is 39.0. The summed E-state index contributed by atoms with van der Waals surface area (Å²) in [4.78, 5) is 44.2. The molecule has 4 aromatic heterocycles. The van der Waals surface area contributed by atoms with Crippen LogP contribution in [0.1, 0.15) is 94.3 Å². The van der Waals surface area contributed by atoms with E-state index in [-0.39, 0.29) is 33.8 Å². The summed E-state index contributed by atoms with van der Waals surface area (Å²) < 4.78 is 63.3. The van der Waals surface area contributed by atoms with Crippen LogP contribution >= 0.6 is 0 Å². The van der Waals surface area contributed by atoms with Crippen LogP contribution in [0, 0.1) is 19.8 Å². The van der Waals surface area contributed by atoms with Crippen molar-refractivity contribution < 1.29 is 35.3 Å². The van der Waals surface area contributed by atoms with Gasteiger partial charge in [0, 0.05) is 66.7 Å². The van der Waals surface area contributed by atoms with Gasteiger partial charge in [-0.1, -0.05) is 26.0 Å². The minimum absolute atomic E-state index is 0.119. The molecular weight excluding hydrogens is 905 g/mol. The first kappa shape index (κ1) is 49.8. The molecule has 6 heterocycles. The van der Waals surface area contributed by atoms with E-state index in [1.165, 1.54) is 0 Å². The Morgan fingerprint density at radius 3 is 1.49 bits per heavy atom. The fourth-order valence-electron chi connectivity index (χ4n) is 8.21. The van der Waals surface area contributed by atoms with Gasteiger partial charge in [-0.15, -0.1) is 0 Å². The fraction of sp³-hybridized carbons (Fsp3) is 0.400. The minimum atomic E-state index is -3.33. The predicted octanol–water partition coefficient (Wildman–Crippen LogP) is 6.65. The quantitative estimate of drug-likeness (QED) is 0.0925. The van der Waals surface area contributed by atoms with Crippen molar-refractivity contribution >= 4 is 31.5 Å². The fourth-order valence-corrected chi connectivity index (χ4v) is 11.9. The number of aryl methyl sites for hydroxylation is 2. The lowest BCUT2D eigenvalue weighted by Gasteiger charge is -2.32. The number of carbonyl (C=O) groups is 2. The second-order valence-electron chi connectivity index (χ2n) is 17.7. The number of pyridine rings is 2. The average molecular weight is 965 g/mol. The van der Waals surface area contributed by atoms with Crippen LogP contribution in [0.15, 0.2) is 106 Å². The number of amides is 2. The van der Waals surface area contributed by atoms with Crippen molar-refractivity contribution in [3.8, 4) is 22.9 Å². The van der Waals surface area contributed by atoms with Gasteiger partial charge in [0.1, 0.15) is 11.5 Å². The van der Waals surface area contributed by atoms with E-state index in [0.29, 0.717) is 102 Å². The van der Waals surface area contributed by atoms with Gasteiger partial charge >= 0.3 is 0 Å². The molecule has 2 fully saturated rings. The van der Waals surface area contributed by atoms with Crippen molar-refractivity contribution in [2.75, 3.05) is 32.7 Å². The second-order valence-corrected chi connectivity index (χ2v) is 22.3. The van der Waals surface area contributed by atoms with Crippen molar-refractivity contribution in [3.63, 3.8) is 0 Å². The third-order valence-electron chi connectivity index (χ3n) is 12.1. The molecule has 2 aliphatic rings. The van der Waals surface area contributed by atoms with Gasteiger partial charge in [-0.05, 0) is 143 Å². The summed E-state index contributed by atoms with van der Waals surface area (Å²) in [6.07, 6.45) is 9.34. The maximum Gasteiger partial charge on any atom is 0.251 e. The van der Waals surface area contributed by atoms with Gasteiger partial charge in [0.2, 0.25) is 11.8 Å². The highest BCUT2D eigenvalue weighted by Crippen LogP contribution is 2.28. The molecule has 0 unspecified atom stereocenters. The molecular formula is C50H60N8O8S2. The third kappa shape index (κ3) is 13.5. The van der Waals surface area contributed by atoms with Crippen molar-refractivity contribution in [1.29, 1.82) is 0 Å². The number of piperidine rings is 2. The van der Waals surface area contributed by atoms with Crippen molar-refractivity contribution in [2.24, 2.45) is 5.92 Å². The molecule has 2 aliphatic heterocycles. The lowest BCUT2D eigenvalue weighted by molar-refractivity contribution is 0.0943. The molecule has 360 valence electrons. The number of likely N-dealkylation sites (tertiary alicyclic amines) is 1. The topological polar surface area (TPSA) is 220 Å². The number of nitrogens with zero attached hydrogens (tertiary/aromatic N) is 5. The molecule has 68 heavy (non-hydrogen) atoms. The number of aromatic nitrogens is 4. The summed E-state index contributed by atoms with van der Waals surface area (Å²) in [5.41, 5.74) is 5.12. The number of oxazole rings is 2. The smallest absolute Gasteiger partial charge is 0.251 e. The van der Waals surface area contributed by atoms with Crippen LogP contribution in [0.5, 0.6) is 0 Å². The van der Waals surface area contributed by atoms with Gasteiger partial charge in [-0.2, -0.15) is 0 Å². The van der Waals surface area contributed by atoms with Gasteiger partial charge in [0.05, 0.1) is 33.4 Å². The summed E-state index contributed by atoms with van der Waals surface area (Å²) in [5.74, 6) is 1.64. The highest BCUT2D eigenvalue weighted by atomic mass is 32.2. The number of benzene rings is 2. The van der Waals surface area contributed by atoms with Crippen molar-refractivity contribution in [2.45, 2.75) is 88.5 Å². The lowest BCUT2D eigenvalue weighted by Crippen LogP contribution is -2.41. The Kier molecular flexibility index (Phi) is 16.7. The molecule has 2 aromatic carbocycles. The first-order valence-corrected chi connectivity index (χ1v) is 26.4. The van der Waals surface area contributed by atoms with Gasteiger partial charge in [-0.25, -0.2) is 26.8 Å². The molecule has 8 rings (SSSR count). The highest BCUT2D eigenvalue weighted by molar-refractivity contribution is 7.91. The van der Waals surface area contributed by atoms with Gasteiger partial charge in [0.25, 0.3) is 11.8 Å². The normalized spacial score (nSPS) is 15.1. The average Bonchev–Trinajstić information content (AvgIpc) is 3.90. The number of hydrogen-bond acceptors (Lipinski definition) is 14. The van der Waals surface area contributed by atoms with Crippen LogP contribution in [0.2, 0.25) is 0 Å². The van der Waals surface area contributed by atoms with E-state index in [4.69, 9.17) is 8.83 Å². The lowest BCUT2D eigenvalue weighted by atomic mass is 10.1. The molecule has 18 heteroatoms. The predicted molar refractivity (Wildman–Crippen MR) is 260 cm³/mol. The largest absolute Gasteiger partial charge is 0.441 e. The standard InChI is InChI=1S/C27H34N4O4S.C23H26N4O4S/c1-19(2)17-31-13-10-24(11-14-31)36(33,34)18-25-20(3)35-27(30-25)23-8-6-22(7-9-23)26(32)29-16-21-5-4-12-28-15-21;1-16-21(15-32(29,30)20-8-11-24-12-9-20)27-23(31-16)19-6-4-18(5-7-19)22(28)26-14-17-3-2-10-25-13-17/h4-9,12,15,19,24H,10-11,13-14,16-18H2,1-3H3,(H,29,32);2-7,10,13,20,24H,8-9,11-12,14-15H2,1H3,(H,26,28). The minimum Gasteiger partial charge on any atom is -0.441 e. The SMILES string of the molecule is Cc1oc(-c2ccc(C(=O)NCc3cccnc3)cc2)nc1CS(=O)(=O)C1CCN(CC(C)C)CC1.Cc1oc(-c2ccc(C(=O)NCc3cccnc3)cc2)nc1CS(=O)(=O)C1CCNCC1. The van der Waals surface area contributed by atoms with Crippen LogP contribution in [-0.4, -0.2) is 96.7 Å². The first-order chi connectivity index (χ1) is 32.6. The van der Waals surface area contributed by atoms with Crippen LogP contribution in [0.3, 0.4) is 0 Å². The van der Waals surface area contributed by atoms with Gasteiger partial charge in [0.15, 0.2) is 19.7 Å². The molecule has 0 bridgehead atoms. The van der Waals surface area contributed by atoms with Crippen molar-refractivity contribution in [3.05, 3.63) is 143 Å². The van der Waals surface area contributed by atoms with Gasteiger partial charge in [-0.3, -0.25) is 19.6 Å². The third-order valence-corrected chi connectivity index (χ3v) is 16.4. The summed E-state index contributed by atoms with van der Waals surface area (Å²) in [6, 6.07) is 21.2. The van der Waals surface area contributed by atoms with E-state index in [1.807, 2.05) is 24.3 Å². The Morgan fingerprint density at radius 2 is 1.09 bits per heavy atom. The van der Waals surface area contributed by atoms with E-state index in [2.05, 4.69) is 54.6 Å². The second kappa shape index (κ2) is 22.8. The first-order valence-electron chi connectivity index (χ1n) is 23.0. The molecule has 0 atom stereocenters. The monoisotopic (exact) mass is 964 g/mol. The van der Waals surface area contributed by atoms with Gasteiger partial charge < -0.3 is 29.7 Å². The number of sulfone groups is 2. The van der Waals surface area contributed by atoms with Crippen LogP contribution in [-0.2, 0) is 44.3 Å². The molecule has 16 nitrogen and oxygen atoms in total. The van der Waals surface area contributed by atoms with E-state index in [9.17, 15) is 26.4 Å². The Labute approximate surface area is 398 Å². The maximum absolute atomic E-state index is 13.1. The van der Waals surface area contributed by atoms with E-state index < -0.39 is 19.7 Å². The Balaban J connectivity index is 0.000000203. The van der Waals surface area contributed by atoms with E-state index in [1.54, 1.807) is 87.2 Å². The number of rotatable bonds is 16. The summed E-state index contributed by atoms with van der Waals surface area (Å²) in [5, 5.41) is 8.23. The van der Waals surface area contributed by atoms with E-state index in [0.717, 1.165) is 43.9 Å². The van der Waals surface area contributed by atoms with Crippen LogP contribution in [0.4, 0.5) is 0 Å². The van der Waals surface area contributed by atoms with Crippen molar-refractivity contribution in [1.82, 2.24) is 40.8 Å². The Morgan fingerprint density at radius 1 is 0.662 bits per heavy atom. The zero-order valence-corrected chi connectivity index (χ0v) is 40.6. The Bertz CT molecular complexity index is 2820. The van der Waals surface area contributed by atoms with Crippen LogP contribution < -0.4 is 16.0 Å². The van der Waals surface area contributed by atoms with E-state index >= 15 is 0 Å². The molecule has 6 aromatic rings. The van der Waals surface area contributed by atoms with Crippen LogP contribution in [0.25, 0.3) is 22.9 Å². The number of nitrogens with one attached hydrogen (secondary N) is 3. The number of carbonyl (C=O) groups excluding carboxylic acids is 2. The summed E-state index contributed by atoms with van der Waals surface area (Å²) >= 11 is 0. The molecule has 0 saturated carbocycles. The molecule has 0 radical (unpaired) electrons. The summed E-state index contributed by atoms with van der Waals surface area (Å²) in [7, 11) is -6.63. The summed E-state index contributed by atoms with van der Waals surface area (Å²) in [6.45, 7) is 12.7. The highest BCUT2D eigenvalue weighted by Gasteiger charge is 2.32. The Hall–Kier alpha value is -6.08. The molecule has 0 aliphatic carbocycles. The molecule has 2 saturated heterocycles. The molecule has 0 spiro atoms. The maximum atomic E-state index is 13.1. The molecule has 3 N–H and O–H groups in total. The zero-order chi connectivity index (χ0) is 48.3. The number of hydrogen-bond donors (Lipinski definition) is 3.